The lowest BCUT2D eigenvalue weighted by atomic mass is 9.89. The predicted molar refractivity (Wildman–Crippen MR) is 70.8 cm³/mol. The van der Waals surface area contributed by atoms with Gasteiger partial charge >= 0.3 is 5.97 Å². The molecule has 0 aromatic carbocycles. The van der Waals surface area contributed by atoms with Gasteiger partial charge in [0.05, 0.1) is 5.41 Å². The summed E-state index contributed by atoms with van der Waals surface area (Å²) in [5.41, 5.74) is -0.789. The van der Waals surface area contributed by atoms with Gasteiger partial charge in [0, 0.05) is 0 Å². The average Bonchev–Trinajstić information content (AvgIpc) is 2.55. The summed E-state index contributed by atoms with van der Waals surface area (Å²) in [6.07, 6.45) is 9.26. The van der Waals surface area contributed by atoms with E-state index in [1.54, 1.807) is 0 Å². The predicted octanol–water partition coefficient (Wildman–Crippen LogP) is 4.24. The number of hydrogen-bond acceptors (Lipinski definition) is 2. The Hall–Kier alpha value is -0.790. The fraction of sp³-hybridized carbons (Fsp3) is 0.800. The minimum Gasteiger partial charge on any atom is -0.454 e. The molecule has 0 spiro atoms. The van der Waals surface area contributed by atoms with Crippen molar-refractivity contribution in [1.29, 1.82) is 0 Å². The molecule has 0 amide bonds. The first kappa shape index (κ1) is 14.3. The molecule has 1 fully saturated rings. The van der Waals surface area contributed by atoms with E-state index in [9.17, 15) is 4.79 Å². The van der Waals surface area contributed by atoms with Crippen LogP contribution >= 0.6 is 0 Å². The summed E-state index contributed by atoms with van der Waals surface area (Å²) in [6, 6.07) is 0. The van der Waals surface area contributed by atoms with Crippen LogP contribution in [0.5, 0.6) is 0 Å². The van der Waals surface area contributed by atoms with Crippen LogP contribution in [0, 0.1) is 5.41 Å². The van der Waals surface area contributed by atoms with E-state index < -0.39 is 5.60 Å². The minimum absolute atomic E-state index is 0.0817. The van der Waals surface area contributed by atoms with Crippen LogP contribution < -0.4 is 0 Å². The Balaban J connectivity index is 2.74. The second-order valence-electron chi connectivity index (χ2n) is 5.81. The molecule has 0 aromatic rings. The Labute approximate surface area is 105 Å². The lowest BCUT2D eigenvalue weighted by Crippen LogP contribution is -2.38. The number of hydrogen-bond donors (Lipinski definition) is 0. The van der Waals surface area contributed by atoms with E-state index in [2.05, 4.69) is 6.58 Å². The molecular formula is C15H26O2. The quantitative estimate of drug-likeness (QED) is 0.416. The number of carbonyl (C=O) groups excluding carboxylic acids is 1. The summed E-state index contributed by atoms with van der Waals surface area (Å²) >= 11 is 0. The zero-order valence-corrected chi connectivity index (χ0v) is 11.6. The van der Waals surface area contributed by atoms with E-state index in [1.165, 1.54) is 12.8 Å². The van der Waals surface area contributed by atoms with Gasteiger partial charge in [-0.3, -0.25) is 4.79 Å². The minimum atomic E-state index is -0.403. The standard InChI is InChI=1S/C15H26O2/c1-5-14(3,4)13(16)17-15(6-2)11-9-7-8-10-12-15/h6H,2,5,7-12H2,1,3-4H3. The van der Waals surface area contributed by atoms with Gasteiger partial charge in [-0.1, -0.05) is 26.3 Å². The molecule has 17 heavy (non-hydrogen) atoms. The van der Waals surface area contributed by atoms with Crippen molar-refractivity contribution in [2.75, 3.05) is 0 Å². The van der Waals surface area contributed by atoms with Crippen LogP contribution in [0.1, 0.15) is 65.7 Å². The third kappa shape index (κ3) is 3.58. The second kappa shape index (κ2) is 5.70. The van der Waals surface area contributed by atoms with Gasteiger partial charge in [0.25, 0.3) is 0 Å². The highest BCUT2D eigenvalue weighted by molar-refractivity contribution is 5.76. The van der Waals surface area contributed by atoms with Crippen molar-refractivity contribution in [2.24, 2.45) is 5.41 Å². The van der Waals surface area contributed by atoms with Crippen LogP contribution in [0.4, 0.5) is 0 Å². The van der Waals surface area contributed by atoms with Crippen molar-refractivity contribution in [1.82, 2.24) is 0 Å². The Kier molecular flexibility index (Phi) is 4.79. The molecule has 0 saturated heterocycles. The van der Waals surface area contributed by atoms with Crippen LogP contribution in [-0.4, -0.2) is 11.6 Å². The molecule has 0 aliphatic heterocycles. The van der Waals surface area contributed by atoms with E-state index >= 15 is 0 Å². The molecule has 0 heterocycles. The Morgan fingerprint density at radius 2 is 1.82 bits per heavy atom. The van der Waals surface area contributed by atoms with Crippen LogP contribution in [0.2, 0.25) is 0 Å². The van der Waals surface area contributed by atoms with E-state index in [4.69, 9.17) is 4.74 Å². The molecule has 1 saturated carbocycles. The summed E-state index contributed by atoms with van der Waals surface area (Å²) in [5, 5.41) is 0. The largest absolute Gasteiger partial charge is 0.454 e. The summed E-state index contributed by atoms with van der Waals surface area (Å²) in [7, 11) is 0. The summed E-state index contributed by atoms with van der Waals surface area (Å²) in [5.74, 6) is -0.0817. The molecule has 1 aliphatic rings. The van der Waals surface area contributed by atoms with Gasteiger partial charge in [0.15, 0.2) is 0 Å². The first-order valence-electron chi connectivity index (χ1n) is 6.83. The van der Waals surface area contributed by atoms with Gasteiger partial charge in [0.2, 0.25) is 0 Å². The third-order valence-electron chi connectivity index (χ3n) is 4.05. The van der Waals surface area contributed by atoms with Gasteiger partial charge in [-0.25, -0.2) is 0 Å². The highest BCUT2D eigenvalue weighted by Gasteiger charge is 2.36. The Morgan fingerprint density at radius 3 is 2.24 bits per heavy atom. The summed E-state index contributed by atoms with van der Waals surface area (Å²) < 4.78 is 5.81. The maximum Gasteiger partial charge on any atom is 0.312 e. The van der Waals surface area contributed by atoms with E-state index in [-0.39, 0.29) is 11.4 Å². The van der Waals surface area contributed by atoms with E-state index in [1.807, 2.05) is 26.8 Å². The fourth-order valence-corrected chi connectivity index (χ4v) is 2.14. The molecular weight excluding hydrogens is 212 g/mol. The van der Waals surface area contributed by atoms with Crippen LogP contribution in [0.25, 0.3) is 0 Å². The topological polar surface area (TPSA) is 26.3 Å². The SMILES string of the molecule is C=CC1(OC(=O)C(C)(C)CC)CCCCCC1. The van der Waals surface area contributed by atoms with Crippen LogP contribution in [0.3, 0.4) is 0 Å². The third-order valence-corrected chi connectivity index (χ3v) is 4.05. The lowest BCUT2D eigenvalue weighted by Gasteiger charge is -2.33. The van der Waals surface area contributed by atoms with Gasteiger partial charge in [-0.05, 0) is 52.0 Å². The fourth-order valence-electron chi connectivity index (χ4n) is 2.14. The summed E-state index contributed by atoms with van der Waals surface area (Å²) in [4.78, 5) is 12.2. The molecule has 0 radical (unpaired) electrons. The number of ether oxygens (including phenoxy) is 1. The molecule has 0 unspecified atom stereocenters. The zero-order valence-electron chi connectivity index (χ0n) is 11.6. The molecule has 2 heteroatoms. The molecule has 2 nitrogen and oxygen atoms in total. The monoisotopic (exact) mass is 238 g/mol. The summed E-state index contributed by atoms with van der Waals surface area (Å²) in [6.45, 7) is 9.80. The molecule has 0 N–H and O–H groups in total. The average molecular weight is 238 g/mol. The van der Waals surface area contributed by atoms with Gasteiger partial charge in [-0.2, -0.15) is 0 Å². The number of carbonyl (C=O) groups is 1. The van der Waals surface area contributed by atoms with Crippen molar-refractivity contribution in [3.8, 4) is 0 Å². The van der Waals surface area contributed by atoms with Crippen molar-refractivity contribution < 1.29 is 9.53 Å². The van der Waals surface area contributed by atoms with E-state index in [0.29, 0.717) is 0 Å². The van der Waals surface area contributed by atoms with Gasteiger partial charge < -0.3 is 4.74 Å². The first-order valence-corrected chi connectivity index (χ1v) is 6.83. The molecule has 1 aliphatic carbocycles. The van der Waals surface area contributed by atoms with Crippen molar-refractivity contribution in [2.45, 2.75) is 71.3 Å². The molecule has 1 rings (SSSR count). The molecule has 0 atom stereocenters. The highest BCUT2D eigenvalue weighted by atomic mass is 16.6. The van der Waals surface area contributed by atoms with Gasteiger partial charge in [0.1, 0.15) is 5.60 Å². The van der Waals surface area contributed by atoms with E-state index in [0.717, 1.165) is 32.1 Å². The lowest BCUT2D eigenvalue weighted by molar-refractivity contribution is -0.167. The van der Waals surface area contributed by atoms with Crippen LogP contribution in [0.15, 0.2) is 12.7 Å². The zero-order chi connectivity index (χ0) is 12.9. The molecule has 0 bridgehead atoms. The Morgan fingerprint density at radius 1 is 1.29 bits per heavy atom. The first-order chi connectivity index (χ1) is 7.96. The maximum absolute atomic E-state index is 12.2. The van der Waals surface area contributed by atoms with Gasteiger partial charge in [-0.15, -0.1) is 0 Å². The van der Waals surface area contributed by atoms with Crippen molar-refractivity contribution >= 4 is 5.97 Å². The number of rotatable bonds is 4. The second-order valence-corrected chi connectivity index (χ2v) is 5.81. The number of esters is 1. The van der Waals surface area contributed by atoms with Crippen molar-refractivity contribution in [3.05, 3.63) is 12.7 Å². The van der Waals surface area contributed by atoms with Crippen LogP contribution in [-0.2, 0) is 9.53 Å². The smallest absolute Gasteiger partial charge is 0.312 e. The molecule has 98 valence electrons. The van der Waals surface area contributed by atoms with Crippen molar-refractivity contribution in [3.63, 3.8) is 0 Å². The molecule has 0 aromatic heterocycles. The normalized spacial score (nSPS) is 20.4. The Bertz CT molecular complexity index is 271. The maximum atomic E-state index is 12.2. The highest BCUT2D eigenvalue weighted by Crippen LogP contribution is 2.34.